The fourth-order valence-corrected chi connectivity index (χ4v) is 1.06. The third kappa shape index (κ3) is 1.48. The lowest BCUT2D eigenvalue weighted by Crippen LogP contribution is -2.29. The Morgan fingerprint density at radius 3 is 2.69 bits per heavy atom. The molecule has 5 heteroatoms. The van der Waals surface area contributed by atoms with Gasteiger partial charge in [-0.25, -0.2) is 0 Å². The van der Waals surface area contributed by atoms with E-state index in [1.807, 2.05) is 19.9 Å². The molecule has 1 aromatic heterocycles. The molecule has 0 radical (unpaired) electrons. The second-order valence-corrected chi connectivity index (χ2v) is 3.56. The van der Waals surface area contributed by atoms with Crippen LogP contribution < -0.4 is 11.5 Å². The van der Waals surface area contributed by atoms with Gasteiger partial charge in [-0.1, -0.05) is 13.8 Å². The summed E-state index contributed by atoms with van der Waals surface area (Å²) in [7, 11) is 0. The minimum absolute atomic E-state index is 0.235. The van der Waals surface area contributed by atoms with E-state index in [4.69, 9.17) is 16.7 Å². The van der Waals surface area contributed by atoms with Crippen LogP contribution in [0.1, 0.15) is 25.1 Å². The Labute approximate surface area is 76.7 Å². The van der Waals surface area contributed by atoms with Crippen LogP contribution in [-0.2, 0) is 5.41 Å². The molecule has 1 aromatic rings. The van der Waals surface area contributed by atoms with Crippen molar-refractivity contribution < 1.29 is 0 Å². The Morgan fingerprint density at radius 2 is 2.23 bits per heavy atom. The van der Waals surface area contributed by atoms with Gasteiger partial charge < -0.3 is 11.5 Å². The van der Waals surface area contributed by atoms with Gasteiger partial charge in [-0.3, -0.25) is 5.10 Å². The van der Waals surface area contributed by atoms with Crippen LogP contribution in [0.4, 0.5) is 5.82 Å². The van der Waals surface area contributed by atoms with Crippen LogP contribution in [-0.4, -0.2) is 16.7 Å². The SMILES string of the molecule is CC(C)(CN)c1[nH]nc(N)c1C#N. The maximum Gasteiger partial charge on any atom is 0.163 e. The third-order valence-electron chi connectivity index (χ3n) is 2.09. The predicted molar refractivity (Wildman–Crippen MR) is 49.8 cm³/mol. The van der Waals surface area contributed by atoms with Crippen molar-refractivity contribution >= 4 is 5.82 Å². The van der Waals surface area contributed by atoms with Crippen LogP contribution in [0.15, 0.2) is 0 Å². The number of H-pyrrole nitrogens is 1. The maximum absolute atomic E-state index is 8.82. The van der Waals surface area contributed by atoms with Crippen molar-refractivity contribution in [2.24, 2.45) is 5.73 Å². The number of nitrogen functional groups attached to an aromatic ring is 1. The van der Waals surface area contributed by atoms with Crippen LogP contribution in [0, 0.1) is 11.3 Å². The molecule has 0 unspecified atom stereocenters. The highest BCUT2D eigenvalue weighted by atomic mass is 15.2. The first kappa shape index (κ1) is 9.55. The Balaban J connectivity index is 3.24. The molecule has 0 atom stereocenters. The monoisotopic (exact) mass is 179 g/mol. The molecule has 0 aliphatic heterocycles. The third-order valence-corrected chi connectivity index (χ3v) is 2.09. The number of aromatic amines is 1. The highest BCUT2D eigenvalue weighted by molar-refractivity contribution is 5.52. The summed E-state index contributed by atoms with van der Waals surface area (Å²) in [6, 6.07) is 2.01. The first-order valence-electron chi connectivity index (χ1n) is 3.97. The number of nitrogens with two attached hydrogens (primary N) is 2. The molecule has 0 aliphatic rings. The van der Waals surface area contributed by atoms with Crippen molar-refractivity contribution in [1.29, 1.82) is 5.26 Å². The number of nitrogens with zero attached hydrogens (tertiary/aromatic N) is 2. The summed E-state index contributed by atoms with van der Waals surface area (Å²) in [5.74, 6) is 0.235. The topological polar surface area (TPSA) is 105 Å². The smallest absolute Gasteiger partial charge is 0.163 e. The number of hydrogen-bond acceptors (Lipinski definition) is 4. The Morgan fingerprint density at radius 1 is 1.62 bits per heavy atom. The van der Waals surface area contributed by atoms with Crippen molar-refractivity contribution in [3.63, 3.8) is 0 Å². The van der Waals surface area contributed by atoms with Crippen LogP contribution in [0.25, 0.3) is 0 Å². The average molecular weight is 179 g/mol. The number of anilines is 1. The van der Waals surface area contributed by atoms with Crippen molar-refractivity contribution in [3.05, 3.63) is 11.3 Å². The second-order valence-electron chi connectivity index (χ2n) is 3.56. The lowest BCUT2D eigenvalue weighted by Gasteiger charge is -2.20. The molecule has 0 fully saturated rings. The summed E-state index contributed by atoms with van der Waals surface area (Å²) in [5.41, 5.74) is 11.9. The van der Waals surface area contributed by atoms with Crippen LogP contribution in [0.3, 0.4) is 0 Å². The molecular formula is C8H13N5. The molecule has 0 saturated heterocycles. The summed E-state index contributed by atoms with van der Waals surface area (Å²) in [6.45, 7) is 4.30. The molecule has 0 saturated carbocycles. The molecule has 0 aromatic carbocycles. The van der Waals surface area contributed by atoms with Gasteiger partial charge in [-0.2, -0.15) is 10.4 Å². The minimum Gasteiger partial charge on any atom is -0.381 e. The van der Waals surface area contributed by atoms with E-state index in [2.05, 4.69) is 10.2 Å². The molecular weight excluding hydrogens is 166 g/mol. The highest BCUT2D eigenvalue weighted by Gasteiger charge is 2.25. The number of nitriles is 1. The van der Waals surface area contributed by atoms with Crippen molar-refractivity contribution in [3.8, 4) is 6.07 Å². The van der Waals surface area contributed by atoms with Crippen LogP contribution in [0.5, 0.6) is 0 Å². The number of aromatic nitrogens is 2. The van der Waals surface area contributed by atoms with Crippen LogP contribution in [0.2, 0.25) is 0 Å². The molecule has 0 aliphatic carbocycles. The summed E-state index contributed by atoms with van der Waals surface area (Å²) in [4.78, 5) is 0. The van der Waals surface area contributed by atoms with Crippen molar-refractivity contribution in [2.75, 3.05) is 12.3 Å². The lowest BCUT2D eigenvalue weighted by molar-refractivity contribution is 0.519. The molecule has 0 bridgehead atoms. The summed E-state index contributed by atoms with van der Waals surface area (Å²) in [6.07, 6.45) is 0. The van der Waals surface area contributed by atoms with Gasteiger partial charge in [0.1, 0.15) is 11.6 Å². The molecule has 70 valence electrons. The van der Waals surface area contributed by atoms with Crippen LogP contribution >= 0.6 is 0 Å². The standard InChI is InChI=1S/C8H13N5/c1-8(2,4-10)6-5(3-9)7(11)13-12-6/h4,10H2,1-2H3,(H3,11,12,13). The van der Waals surface area contributed by atoms with Crippen molar-refractivity contribution in [1.82, 2.24) is 10.2 Å². The van der Waals surface area contributed by atoms with E-state index in [1.165, 1.54) is 0 Å². The van der Waals surface area contributed by atoms with Gasteiger partial charge in [0, 0.05) is 12.0 Å². The second kappa shape index (κ2) is 3.07. The van der Waals surface area contributed by atoms with E-state index in [1.54, 1.807) is 0 Å². The van der Waals surface area contributed by atoms with Gasteiger partial charge in [0.2, 0.25) is 0 Å². The van der Waals surface area contributed by atoms with E-state index in [0.29, 0.717) is 17.8 Å². The number of rotatable bonds is 2. The molecule has 0 amide bonds. The molecule has 0 spiro atoms. The molecule has 1 heterocycles. The molecule has 13 heavy (non-hydrogen) atoms. The molecule has 5 N–H and O–H groups in total. The molecule has 5 nitrogen and oxygen atoms in total. The van der Waals surface area contributed by atoms with E-state index >= 15 is 0 Å². The van der Waals surface area contributed by atoms with E-state index < -0.39 is 0 Å². The Bertz CT molecular complexity index is 344. The molecule has 1 rings (SSSR count). The fraction of sp³-hybridized carbons (Fsp3) is 0.500. The average Bonchev–Trinajstić information content (AvgIpc) is 2.47. The summed E-state index contributed by atoms with van der Waals surface area (Å²) >= 11 is 0. The maximum atomic E-state index is 8.82. The van der Waals surface area contributed by atoms with Gasteiger partial charge in [0.15, 0.2) is 5.82 Å². The fourth-order valence-electron chi connectivity index (χ4n) is 1.06. The van der Waals surface area contributed by atoms with Gasteiger partial charge in [-0.05, 0) is 0 Å². The zero-order valence-electron chi connectivity index (χ0n) is 7.76. The lowest BCUT2D eigenvalue weighted by atomic mass is 9.87. The normalized spacial score (nSPS) is 11.2. The zero-order chi connectivity index (χ0) is 10.1. The van der Waals surface area contributed by atoms with E-state index in [-0.39, 0.29) is 11.2 Å². The largest absolute Gasteiger partial charge is 0.381 e. The number of nitrogens with one attached hydrogen (secondary N) is 1. The summed E-state index contributed by atoms with van der Waals surface area (Å²) in [5, 5.41) is 15.3. The first-order chi connectivity index (χ1) is 6.03. The van der Waals surface area contributed by atoms with Gasteiger partial charge in [-0.15, -0.1) is 0 Å². The summed E-state index contributed by atoms with van der Waals surface area (Å²) < 4.78 is 0. The minimum atomic E-state index is -0.296. The van der Waals surface area contributed by atoms with Gasteiger partial charge in [0.05, 0.1) is 5.69 Å². The zero-order valence-corrected chi connectivity index (χ0v) is 7.76. The predicted octanol–water partition coefficient (Wildman–Crippen LogP) is 0.0999. The number of hydrogen-bond donors (Lipinski definition) is 3. The quantitative estimate of drug-likeness (QED) is 0.598. The van der Waals surface area contributed by atoms with Crippen molar-refractivity contribution in [2.45, 2.75) is 19.3 Å². The Kier molecular flexibility index (Phi) is 2.26. The van der Waals surface area contributed by atoms with Gasteiger partial charge in [0.25, 0.3) is 0 Å². The highest BCUT2D eigenvalue weighted by Crippen LogP contribution is 2.25. The van der Waals surface area contributed by atoms with E-state index in [0.717, 1.165) is 0 Å². The first-order valence-corrected chi connectivity index (χ1v) is 3.97. The van der Waals surface area contributed by atoms with Gasteiger partial charge >= 0.3 is 0 Å². The Hall–Kier alpha value is -1.54. The van der Waals surface area contributed by atoms with E-state index in [9.17, 15) is 0 Å².